The first-order valence-electron chi connectivity index (χ1n) is 9.55. The molecule has 0 saturated heterocycles. The van der Waals surface area contributed by atoms with Crippen LogP contribution in [0.1, 0.15) is 64.9 Å². The Morgan fingerprint density at radius 2 is 1.84 bits per heavy atom. The Hall–Kier alpha value is -1.90. The summed E-state index contributed by atoms with van der Waals surface area (Å²) in [5.41, 5.74) is 2.40. The lowest BCUT2D eigenvalue weighted by molar-refractivity contribution is 0.206. The van der Waals surface area contributed by atoms with Gasteiger partial charge in [0.25, 0.3) is 0 Å². The molecule has 25 heavy (non-hydrogen) atoms. The van der Waals surface area contributed by atoms with Gasteiger partial charge in [0.05, 0.1) is 11.8 Å². The van der Waals surface area contributed by atoms with Crippen molar-refractivity contribution < 1.29 is 9.13 Å². The maximum atomic E-state index is 14.5. The first kappa shape index (κ1) is 19.4. The van der Waals surface area contributed by atoms with E-state index in [2.05, 4.69) is 24.9 Å². The van der Waals surface area contributed by atoms with E-state index in [9.17, 15) is 4.39 Å². The first-order chi connectivity index (χ1) is 12.1. The van der Waals surface area contributed by atoms with Crippen molar-refractivity contribution in [2.75, 3.05) is 0 Å². The average molecular weight is 343 g/mol. The number of rotatable bonds is 10. The third-order valence-corrected chi connectivity index (χ3v) is 4.41. The summed E-state index contributed by atoms with van der Waals surface area (Å²) in [5, 5.41) is 0. The maximum Gasteiger partial charge on any atom is 0.136 e. The number of hydrogen-bond donors (Lipinski definition) is 0. The molecule has 1 aromatic carbocycles. The van der Waals surface area contributed by atoms with Crippen molar-refractivity contribution in [2.45, 2.75) is 71.8 Å². The number of aromatic nitrogens is 1. The Labute approximate surface area is 151 Å². The molecule has 136 valence electrons. The molecule has 0 spiro atoms. The molecule has 0 unspecified atom stereocenters. The summed E-state index contributed by atoms with van der Waals surface area (Å²) in [7, 11) is 0. The third kappa shape index (κ3) is 6.15. The van der Waals surface area contributed by atoms with Crippen LogP contribution in [0.25, 0.3) is 11.3 Å². The SMILES string of the molecule is CCCCCc1ccc(-c2ccc(O[C@@H](C)CCCC)cc2F)nc1. The van der Waals surface area contributed by atoms with Gasteiger partial charge < -0.3 is 4.74 Å². The van der Waals surface area contributed by atoms with E-state index < -0.39 is 0 Å². The van der Waals surface area contributed by atoms with Crippen LogP contribution in [0.5, 0.6) is 5.75 Å². The molecule has 0 amide bonds. The van der Waals surface area contributed by atoms with Gasteiger partial charge in [0, 0.05) is 17.8 Å². The molecule has 0 radical (unpaired) electrons. The van der Waals surface area contributed by atoms with E-state index in [1.807, 2.05) is 25.3 Å². The fraction of sp³-hybridized carbons (Fsp3) is 0.500. The molecule has 0 aliphatic rings. The summed E-state index contributed by atoms with van der Waals surface area (Å²) < 4.78 is 20.3. The van der Waals surface area contributed by atoms with E-state index in [0.717, 1.165) is 25.7 Å². The molecular formula is C22H30FNO. The Morgan fingerprint density at radius 1 is 1.04 bits per heavy atom. The number of ether oxygens (including phenoxy) is 1. The molecule has 0 aliphatic heterocycles. The molecule has 2 rings (SSSR count). The fourth-order valence-corrected chi connectivity index (χ4v) is 2.87. The van der Waals surface area contributed by atoms with Crippen LogP contribution >= 0.6 is 0 Å². The molecule has 0 fully saturated rings. The van der Waals surface area contributed by atoms with Gasteiger partial charge in [-0.25, -0.2) is 4.39 Å². The molecular weight excluding hydrogens is 313 g/mol. The molecule has 3 heteroatoms. The van der Waals surface area contributed by atoms with Gasteiger partial charge in [-0.15, -0.1) is 0 Å². The molecule has 0 bridgehead atoms. The number of unbranched alkanes of at least 4 members (excludes halogenated alkanes) is 3. The highest BCUT2D eigenvalue weighted by Gasteiger charge is 2.10. The van der Waals surface area contributed by atoms with Crippen LogP contribution < -0.4 is 4.74 Å². The third-order valence-electron chi connectivity index (χ3n) is 4.41. The zero-order valence-corrected chi connectivity index (χ0v) is 15.7. The second kappa shape index (κ2) is 10.2. The van der Waals surface area contributed by atoms with Crippen molar-refractivity contribution in [1.29, 1.82) is 0 Å². The summed E-state index contributed by atoms with van der Waals surface area (Å²) >= 11 is 0. The van der Waals surface area contributed by atoms with Crippen molar-refractivity contribution in [3.63, 3.8) is 0 Å². The molecule has 2 aromatic rings. The van der Waals surface area contributed by atoms with Gasteiger partial charge >= 0.3 is 0 Å². The zero-order chi connectivity index (χ0) is 18.1. The van der Waals surface area contributed by atoms with Gasteiger partial charge in [0.1, 0.15) is 11.6 Å². The topological polar surface area (TPSA) is 22.1 Å². The van der Waals surface area contributed by atoms with E-state index in [1.54, 1.807) is 6.07 Å². The van der Waals surface area contributed by atoms with E-state index in [4.69, 9.17) is 4.74 Å². The Kier molecular flexibility index (Phi) is 7.90. The smallest absolute Gasteiger partial charge is 0.136 e. The zero-order valence-electron chi connectivity index (χ0n) is 15.7. The van der Waals surface area contributed by atoms with Gasteiger partial charge in [-0.05, 0) is 49.9 Å². The van der Waals surface area contributed by atoms with Crippen LogP contribution in [0, 0.1) is 5.82 Å². The van der Waals surface area contributed by atoms with Gasteiger partial charge in [0.15, 0.2) is 0 Å². The highest BCUT2D eigenvalue weighted by molar-refractivity contribution is 5.61. The Morgan fingerprint density at radius 3 is 2.48 bits per heavy atom. The Bertz CT molecular complexity index is 639. The Balaban J connectivity index is 2.02. The van der Waals surface area contributed by atoms with Gasteiger partial charge in [-0.1, -0.05) is 45.6 Å². The number of aryl methyl sites for hydroxylation is 1. The lowest BCUT2D eigenvalue weighted by Crippen LogP contribution is -2.11. The average Bonchev–Trinajstić information content (AvgIpc) is 2.61. The van der Waals surface area contributed by atoms with Gasteiger partial charge in [0.2, 0.25) is 0 Å². The molecule has 0 aliphatic carbocycles. The quantitative estimate of drug-likeness (QED) is 0.455. The van der Waals surface area contributed by atoms with Crippen molar-refractivity contribution in [2.24, 2.45) is 0 Å². The largest absolute Gasteiger partial charge is 0.491 e. The van der Waals surface area contributed by atoms with Crippen LogP contribution in [0.4, 0.5) is 4.39 Å². The summed E-state index contributed by atoms with van der Waals surface area (Å²) in [4.78, 5) is 4.44. The number of pyridine rings is 1. The highest BCUT2D eigenvalue weighted by atomic mass is 19.1. The molecule has 0 saturated carbocycles. The van der Waals surface area contributed by atoms with Crippen LogP contribution in [-0.4, -0.2) is 11.1 Å². The minimum Gasteiger partial charge on any atom is -0.491 e. The van der Waals surface area contributed by atoms with Gasteiger partial charge in [-0.3, -0.25) is 4.98 Å². The molecule has 1 atom stereocenters. The lowest BCUT2D eigenvalue weighted by atomic mass is 10.1. The second-order valence-corrected chi connectivity index (χ2v) is 6.72. The van der Waals surface area contributed by atoms with Crippen molar-refractivity contribution >= 4 is 0 Å². The standard InChI is InChI=1S/C22H30FNO/c1-4-6-8-10-18-11-14-22(24-16-18)20-13-12-19(15-21(20)23)25-17(3)9-7-5-2/h11-17H,4-10H2,1-3H3/t17-/m0/s1. The normalized spacial score (nSPS) is 12.2. The highest BCUT2D eigenvalue weighted by Crippen LogP contribution is 2.26. The number of nitrogens with zero attached hydrogens (tertiary/aromatic N) is 1. The van der Waals surface area contributed by atoms with Crippen molar-refractivity contribution in [1.82, 2.24) is 4.98 Å². The molecule has 0 N–H and O–H groups in total. The van der Waals surface area contributed by atoms with Crippen molar-refractivity contribution in [3.8, 4) is 17.0 Å². The summed E-state index contributed by atoms with van der Waals surface area (Å²) in [6, 6.07) is 9.02. The fourth-order valence-electron chi connectivity index (χ4n) is 2.87. The number of hydrogen-bond acceptors (Lipinski definition) is 2. The monoisotopic (exact) mass is 343 g/mol. The van der Waals surface area contributed by atoms with E-state index in [0.29, 0.717) is 17.0 Å². The lowest BCUT2D eigenvalue weighted by Gasteiger charge is -2.15. The maximum absolute atomic E-state index is 14.5. The molecule has 2 nitrogen and oxygen atoms in total. The second-order valence-electron chi connectivity index (χ2n) is 6.72. The van der Waals surface area contributed by atoms with Crippen molar-refractivity contribution in [3.05, 3.63) is 47.9 Å². The summed E-state index contributed by atoms with van der Waals surface area (Å²) in [5.74, 6) is 0.299. The van der Waals surface area contributed by atoms with Crippen LogP contribution in [0.3, 0.4) is 0 Å². The minimum atomic E-state index is -0.286. The first-order valence-corrected chi connectivity index (χ1v) is 9.55. The summed E-state index contributed by atoms with van der Waals surface area (Å²) in [6.07, 6.45) is 9.86. The van der Waals surface area contributed by atoms with Crippen LogP contribution in [0.15, 0.2) is 36.5 Å². The number of halogens is 1. The minimum absolute atomic E-state index is 0.103. The van der Waals surface area contributed by atoms with E-state index >= 15 is 0 Å². The molecule has 1 aromatic heterocycles. The van der Waals surface area contributed by atoms with E-state index in [-0.39, 0.29) is 11.9 Å². The number of benzene rings is 1. The predicted molar refractivity (Wildman–Crippen MR) is 102 cm³/mol. The van der Waals surface area contributed by atoms with Crippen LogP contribution in [0.2, 0.25) is 0 Å². The van der Waals surface area contributed by atoms with E-state index in [1.165, 1.54) is 30.9 Å². The predicted octanol–water partition coefficient (Wildman–Crippen LogP) is 6.58. The summed E-state index contributed by atoms with van der Waals surface area (Å²) in [6.45, 7) is 6.38. The van der Waals surface area contributed by atoms with Gasteiger partial charge in [-0.2, -0.15) is 0 Å². The molecule has 1 heterocycles. The van der Waals surface area contributed by atoms with Crippen LogP contribution in [-0.2, 0) is 6.42 Å².